The summed E-state index contributed by atoms with van der Waals surface area (Å²) in [5, 5.41) is 35.5. The van der Waals surface area contributed by atoms with E-state index in [2.05, 4.69) is 11.9 Å². The Balaban J connectivity index is 1.54. The summed E-state index contributed by atoms with van der Waals surface area (Å²) in [6, 6.07) is 8.40. The number of phenols is 1. The highest BCUT2D eigenvalue weighted by Crippen LogP contribution is 2.52. The van der Waals surface area contributed by atoms with Gasteiger partial charge in [-0.1, -0.05) is 24.2 Å². The Morgan fingerprint density at radius 2 is 1.82 bits per heavy atom. The number of phenolic OH excluding ortho intramolecular Hbond substituents is 1. The van der Waals surface area contributed by atoms with Crippen molar-refractivity contribution in [1.29, 1.82) is 0 Å². The molecule has 5 rings (SSSR count). The third kappa shape index (κ3) is 4.37. The number of anilines is 2. The van der Waals surface area contributed by atoms with Crippen LogP contribution >= 0.6 is 0 Å². The van der Waals surface area contributed by atoms with Crippen LogP contribution < -0.4 is 26.2 Å². The zero-order valence-corrected chi connectivity index (χ0v) is 22.4. The second-order valence-electron chi connectivity index (χ2n) is 10.8. The number of carbonyl (C=O) groups excluding carboxylic acids is 3. The van der Waals surface area contributed by atoms with Crippen LogP contribution in [0.5, 0.6) is 11.5 Å². The molecule has 0 fully saturated rings. The lowest BCUT2D eigenvalue weighted by Gasteiger charge is -2.41. The summed E-state index contributed by atoms with van der Waals surface area (Å²) < 4.78 is 5.32. The number of nitrogens with zero attached hydrogens (tertiary/aromatic N) is 1. The highest BCUT2D eigenvalue weighted by atomic mass is 16.6. The van der Waals surface area contributed by atoms with Gasteiger partial charge in [0.1, 0.15) is 25.1 Å². The molecule has 0 bridgehead atoms. The molecule has 1 unspecified atom stereocenters. The van der Waals surface area contributed by atoms with Crippen LogP contribution in [0.25, 0.3) is 0 Å². The lowest BCUT2D eigenvalue weighted by Crippen LogP contribution is -2.42. The van der Waals surface area contributed by atoms with E-state index in [1.807, 2.05) is 7.85 Å². The van der Waals surface area contributed by atoms with Crippen LogP contribution in [0.15, 0.2) is 65.3 Å². The number of nitrogens with one attached hydrogen (secondary N) is 1. The highest BCUT2D eigenvalue weighted by molar-refractivity contribution is 6.32. The van der Waals surface area contributed by atoms with Gasteiger partial charge in [-0.2, -0.15) is 0 Å². The first-order valence-corrected chi connectivity index (χ1v) is 12.9. The van der Waals surface area contributed by atoms with E-state index >= 15 is 0 Å². The van der Waals surface area contributed by atoms with Crippen LogP contribution in [-0.2, 0) is 11.2 Å². The first-order valence-electron chi connectivity index (χ1n) is 12.9. The average Bonchev–Trinajstić information content (AvgIpc) is 2.86. The number of aliphatic hydroxyl groups excluding tert-OH is 2. The van der Waals surface area contributed by atoms with Crippen molar-refractivity contribution >= 4 is 42.3 Å². The molecule has 206 valence electrons. The minimum atomic E-state index is -1.05. The molecule has 6 N–H and O–H groups in total. The fourth-order valence-corrected chi connectivity index (χ4v) is 6.11. The van der Waals surface area contributed by atoms with Crippen molar-refractivity contribution < 1.29 is 34.4 Å². The molecule has 2 aromatic carbocycles. The molecule has 2 aromatic rings. The van der Waals surface area contributed by atoms with Crippen LogP contribution in [-0.4, -0.2) is 54.9 Å². The van der Waals surface area contributed by atoms with E-state index in [0.29, 0.717) is 29.8 Å². The number of ether oxygens (including phenoxy) is 1. The van der Waals surface area contributed by atoms with Gasteiger partial charge in [-0.3, -0.25) is 14.9 Å². The number of amides is 1. The van der Waals surface area contributed by atoms with Gasteiger partial charge in [-0.05, 0) is 48.4 Å². The molecule has 0 heterocycles. The maximum atomic E-state index is 13.9. The Bertz CT molecular complexity index is 1540. The number of Topliss-reactive ketones (excluding diaryl/α,β-unsaturated/α-hetero) is 2. The Morgan fingerprint density at radius 1 is 1.15 bits per heavy atom. The van der Waals surface area contributed by atoms with Crippen molar-refractivity contribution in [2.24, 2.45) is 23.5 Å². The number of fused-ring (bicyclic) bond motifs is 3. The number of aromatic hydroxyl groups is 1. The van der Waals surface area contributed by atoms with Crippen LogP contribution in [0.1, 0.15) is 28.8 Å². The second-order valence-corrected chi connectivity index (χ2v) is 10.8. The van der Waals surface area contributed by atoms with E-state index in [9.17, 15) is 29.7 Å². The molecule has 0 aliphatic heterocycles. The number of hydrogen-bond acceptors (Lipinski definition) is 9. The fourth-order valence-electron chi connectivity index (χ4n) is 6.11. The maximum absolute atomic E-state index is 13.9. The Hall–Kier alpha value is -4.67. The van der Waals surface area contributed by atoms with Crippen LogP contribution in [0.2, 0.25) is 0 Å². The zero-order valence-electron chi connectivity index (χ0n) is 22.4. The summed E-state index contributed by atoms with van der Waals surface area (Å²) in [5.74, 6) is -3.83. The summed E-state index contributed by atoms with van der Waals surface area (Å²) in [7, 11) is 5.45. The number of rotatable bonds is 4. The SMILES string of the molecule is Bc1ccc(OC(=O)Nc2cc(N(C)C)c3c(c2O)C(=O)C2=C(O)C4C(=O)C(C(=C)N)=C(O)C[C@@H]4C[C@@H]2C3)cc1. The average molecular weight is 543 g/mol. The normalized spacial score (nSPS) is 21.8. The van der Waals surface area contributed by atoms with Crippen molar-refractivity contribution in [1.82, 2.24) is 0 Å². The van der Waals surface area contributed by atoms with E-state index in [1.165, 1.54) is 0 Å². The van der Waals surface area contributed by atoms with Crippen molar-refractivity contribution in [3.05, 3.63) is 76.4 Å². The third-order valence-electron chi connectivity index (χ3n) is 7.89. The predicted octanol–water partition coefficient (Wildman–Crippen LogP) is 2.39. The van der Waals surface area contributed by atoms with Gasteiger partial charge in [-0.25, -0.2) is 4.79 Å². The molecule has 0 radical (unpaired) electrons. The largest absolute Gasteiger partial charge is 0.511 e. The van der Waals surface area contributed by atoms with E-state index in [4.69, 9.17) is 10.5 Å². The zero-order chi connectivity index (χ0) is 29.0. The van der Waals surface area contributed by atoms with Gasteiger partial charge in [0, 0.05) is 37.5 Å². The van der Waals surface area contributed by atoms with Gasteiger partial charge in [-0.15, -0.1) is 0 Å². The lowest BCUT2D eigenvalue weighted by molar-refractivity contribution is -0.122. The third-order valence-corrected chi connectivity index (χ3v) is 7.89. The van der Waals surface area contributed by atoms with Gasteiger partial charge in [0.15, 0.2) is 17.3 Å². The summed E-state index contributed by atoms with van der Waals surface area (Å²) >= 11 is 0. The molecule has 3 aliphatic carbocycles. The number of nitrogens with two attached hydrogens (primary N) is 1. The molecule has 40 heavy (non-hydrogen) atoms. The number of ketones is 2. The molecule has 10 nitrogen and oxygen atoms in total. The van der Waals surface area contributed by atoms with Crippen LogP contribution in [0, 0.1) is 17.8 Å². The number of allylic oxidation sites excluding steroid dienone is 4. The van der Waals surface area contributed by atoms with Gasteiger partial charge < -0.3 is 30.7 Å². The first-order chi connectivity index (χ1) is 18.9. The fraction of sp³-hybridized carbons (Fsp3) is 0.276. The van der Waals surface area contributed by atoms with Gasteiger partial charge in [0.05, 0.1) is 22.7 Å². The maximum Gasteiger partial charge on any atom is 0.417 e. The van der Waals surface area contributed by atoms with E-state index in [-0.39, 0.29) is 46.0 Å². The molecule has 0 saturated heterocycles. The first kappa shape index (κ1) is 26.9. The Labute approximate surface area is 231 Å². The Morgan fingerprint density at radius 3 is 2.45 bits per heavy atom. The van der Waals surface area contributed by atoms with E-state index in [1.54, 1.807) is 49.3 Å². The smallest absolute Gasteiger partial charge is 0.417 e. The molecule has 3 aliphatic rings. The minimum absolute atomic E-state index is 0.0385. The quantitative estimate of drug-likeness (QED) is 0.288. The van der Waals surface area contributed by atoms with Gasteiger partial charge in [0.2, 0.25) is 0 Å². The summed E-state index contributed by atoms with van der Waals surface area (Å²) in [6.45, 7) is 3.56. The van der Waals surface area contributed by atoms with Crippen LogP contribution in [0.4, 0.5) is 16.2 Å². The standard InChI is InChI=1S/C29H30BN3O7/c1-12(31)21-20(34)10-14-8-13-9-17-19(33(2)3)11-18(32-29(39)40-16-6-4-15(30)5-7-16)25(35)24(17)28(38)22(13)27(37)23(14)26(21)36/h4-7,11,13-14,23,34-35,37H,1,8-10,30-31H2,2-3H3,(H,32,39)/t13-,14+,23?/m1/s1. The summed E-state index contributed by atoms with van der Waals surface area (Å²) in [6.07, 6.45) is -0.0736. The molecule has 11 heteroatoms. The molecule has 1 amide bonds. The number of hydrogen-bond donors (Lipinski definition) is 5. The lowest BCUT2D eigenvalue weighted by atomic mass is 9.62. The monoisotopic (exact) mass is 543 g/mol. The molecular weight excluding hydrogens is 513 g/mol. The molecule has 0 aromatic heterocycles. The number of benzene rings is 2. The van der Waals surface area contributed by atoms with Crippen molar-refractivity contribution in [2.45, 2.75) is 19.3 Å². The number of aliphatic hydroxyl groups is 2. The van der Waals surface area contributed by atoms with Crippen molar-refractivity contribution in [3.63, 3.8) is 0 Å². The van der Waals surface area contributed by atoms with Gasteiger partial charge >= 0.3 is 6.09 Å². The minimum Gasteiger partial charge on any atom is -0.511 e. The Kier molecular flexibility index (Phi) is 6.61. The highest BCUT2D eigenvalue weighted by Gasteiger charge is 2.50. The van der Waals surface area contributed by atoms with E-state index < -0.39 is 41.2 Å². The molecule has 0 spiro atoms. The van der Waals surface area contributed by atoms with Crippen molar-refractivity contribution in [3.8, 4) is 11.5 Å². The van der Waals surface area contributed by atoms with Gasteiger partial charge in [0.25, 0.3) is 0 Å². The number of carbonyl (C=O) groups is 3. The second kappa shape index (κ2) is 9.82. The van der Waals surface area contributed by atoms with Crippen LogP contribution in [0.3, 0.4) is 0 Å². The summed E-state index contributed by atoms with van der Waals surface area (Å²) in [5.41, 5.74) is 7.59. The van der Waals surface area contributed by atoms with E-state index in [0.717, 1.165) is 5.46 Å². The predicted molar refractivity (Wildman–Crippen MR) is 152 cm³/mol. The molecule has 0 saturated carbocycles. The molecular formula is C29H30BN3O7. The topological polar surface area (TPSA) is 162 Å². The molecule has 3 atom stereocenters. The van der Waals surface area contributed by atoms with Crippen molar-refractivity contribution in [2.75, 3.05) is 24.3 Å². The summed E-state index contributed by atoms with van der Waals surface area (Å²) in [4.78, 5) is 41.6.